The van der Waals surface area contributed by atoms with Gasteiger partial charge in [-0.15, -0.1) is 0 Å². The lowest BCUT2D eigenvalue weighted by atomic mass is 10.0. The van der Waals surface area contributed by atoms with E-state index in [1.54, 1.807) is 0 Å². The van der Waals surface area contributed by atoms with Crippen LogP contribution in [0.5, 0.6) is 5.75 Å². The molecule has 0 aliphatic heterocycles. The summed E-state index contributed by atoms with van der Waals surface area (Å²) < 4.78 is 39.3. The van der Waals surface area contributed by atoms with Crippen molar-refractivity contribution in [3.63, 3.8) is 0 Å². The Hall–Kier alpha value is -2.63. The summed E-state index contributed by atoms with van der Waals surface area (Å²) in [5.41, 5.74) is -0.189. The third kappa shape index (κ3) is 2.40. The Bertz CT molecular complexity index is 815. The zero-order valence-corrected chi connectivity index (χ0v) is 10.6. The number of nitrogens with zero attached hydrogens (tertiary/aromatic N) is 2. The highest BCUT2D eigenvalue weighted by atomic mass is 19.4. The molecule has 0 aliphatic rings. The van der Waals surface area contributed by atoms with Gasteiger partial charge in [0.15, 0.2) is 0 Å². The molecule has 1 heterocycles. The molecule has 0 bridgehead atoms. The van der Waals surface area contributed by atoms with E-state index in [9.17, 15) is 18.3 Å². The van der Waals surface area contributed by atoms with Gasteiger partial charge in [0.1, 0.15) is 12.1 Å². The zero-order valence-electron chi connectivity index (χ0n) is 10.6. The average Bonchev–Trinajstić information content (AvgIpc) is 2.45. The van der Waals surface area contributed by atoms with E-state index in [2.05, 4.69) is 9.97 Å². The van der Waals surface area contributed by atoms with Crippen LogP contribution in [0.3, 0.4) is 0 Å². The molecule has 1 aromatic heterocycles. The van der Waals surface area contributed by atoms with Gasteiger partial charge in [0.25, 0.3) is 0 Å². The van der Waals surface area contributed by atoms with Crippen molar-refractivity contribution in [2.45, 2.75) is 6.18 Å². The number of rotatable bonds is 1. The van der Waals surface area contributed by atoms with Gasteiger partial charge in [-0.2, -0.15) is 13.2 Å². The van der Waals surface area contributed by atoms with Crippen molar-refractivity contribution < 1.29 is 18.3 Å². The molecule has 0 saturated carbocycles. The molecule has 0 spiro atoms. The minimum atomic E-state index is -4.47. The number of hydrogen-bond acceptors (Lipinski definition) is 3. The maximum atomic E-state index is 13.1. The van der Waals surface area contributed by atoms with Crippen molar-refractivity contribution in [1.29, 1.82) is 0 Å². The van der Waals surface area contributed by atoms with Crippen LogP contribution in [0.15, 0.2) is 48.8 Å². The molecule has 2 aromatic carbocycles. The zero-order chi connectivity index (χ0) is 15.0. The van der Waals surface area contributed by atoms with Crippen molar-refractivity contribution >= 4 is 10.9 Å². The van der Waals surface area contributed by atoms with Gasteiger partial charge in [-0.1, -0.05) is 18.2 Å². The van der Waals surface area contributed by atoms with Crippen LogP contribution >= 0.6 is 0 Å². The highest BCUT2D eigenvalue weighted by Crippen LogP contribution is 2.38. The van der Waals surface area contributed by atoms with Crippen LogP contribution in [0.1, 0.15) is 5.56 Å². The van der Waals surface area contributed by atoms with Gasteiger partial charge >= 0.3 is 6.18 Å². The molecule has 0 atom stereocenters. The van der Waals surface area contributed by atoms with E-state index in [-0.39, 0.29) is 17.0 Å². The number of phenols is 1. The third-order valence-corrected chi connectivity index (χ3v) is 3.11. The van der Waals surface area contributed by atoms with Crippen molar-refractivity contribution in [1.82, 2.24) is 9.97 Å². The van der Waals surface area contributed by atoms with Crippen LogP contribution in [0.25, 0.3) is 22.2 Å². The summed E-state index contributed by atoms with van der Waals surface area (Å²) in [6, 6.07) is 9.54. The van der Waals surface area contributed by atoms with Crippen LogP contribution in [0, 0.1) is 0 Å². The van der Waals surface area contributed by atoms with E-state index in [4.69, 9.17) is 0 Å². The van der Waals surface area contributed by atoms with Gasteiger partial charge in [0.05, 0.1) is 16.8 Å². The van der Waals surface area contributed by atoms with E-state index < -0.39 is 11.7 Å². The SMILES string of the molecule is Oc1ccc2c(-c3ccccc3C(F)(F)F)ncnc2c1. The van der Waals surface area contributed by atoms with Gasteiger partial charge in [-0.25, -0.2) is 9.97 Å². The summed E-state index contributed by atoms with van der Waals surface area (Å²) in [6.07, 6.45) is -3.28. The van der Waals surface area contributed by atoms with E-state index >= 15 is 0 Å². The minimum Gasteiger partial charge on any atom is -0.508 e. The molecular weight excluding hydrogens is 281 g/mol. The van der Waals surface area contributed by atoms with Gasteiger partial charge in [0, 0.05) is 17.0 Å². The quantitative estimate of drug-likeness (QED) is 0.736. The molecule has 0 fully saturated rings. The standard InChI is InChI=1S/C15H9F3N2O/c16-15(17,18)12-4-2-1-3-10(12)14-11-6-5-9(21)7-13(11)19-8-20-14/h1-8,21H. The predicted octanol–water partition coefficient (Wildman–Crippen LogP) is 4.02. The molecule has 106 valence electrons. The monoisotopic (exact) mass is 290 g/mol. The predicted molar refractivity (Wildman–Crippen MR) is 71.6 cm³/mol. The fraction of sp³-hybridized carbons (Fsp3) is 0.0667. The number of phenolic OH excluding ortho intramolecular Hbond substituents is 1. The normalized spacial score (nSPS) is 11.8. The summed E-state index contributed by atoms with van der Waals surface area (Å²) >= 11 is 0. The number of hydrogen-bond donors (Lipinski definition) is 1. The molecule has 0 unspecified atom stereocenters. The Morgan fingerprint density at radius 2 is 1.71 bits per heavy atom. The maximum Gasteiger partial charge on any atom is 0.417 e. The number of aromatic hydroxyl groups is 1. The van der Waals surface area contributed by atoms with Crippen LogP contribution in [0.2, 0.25) is 0 Å². The first-order valence-corrected chi connectivity index (χ1v) is 6.07. The maximum absolute atomic E-state index is 13.1. The number of halogens is 3. The lowest BCUT2D eigenvalue weighted by molar-refractivity contribution is -0.137. The number of alkyl halides is 3. The second kappa shape index (κ2) is 4.73. The molecule has 0 amide bonds. The number of benzene rings is 2. The third-order valence-electron chi connectivity index (χ3n) is 3.11. The Balaban J connectivity index is 2.32. The second-order valence-corrected chi connectivity index (χ2v) is 4.47. The molecule has 21 heavy (non-hydrogen) atoms. The largest absolute Gasteiger partial charge is 0.508 e. The first-order chi connectivity index (χ1) is 9.97. The molecule has 3 rings (SSSR count). The first kappa shape index (κ1) is 13.4. The minimum absolute atomic E-state index is 0.00347. The fourth-order valence-corrected chi connectivity index (χ4v) is 2.20. The second-order valence-electron chi connectivity index (χ2n) is 4.47. The number of aromatic nitrogens is 2. The van der Waals surface area contributed by atoms with E-state index in [0.29, 0.717) is 10.9 Å². The van der Waals surface area contributed by atoms with Crippen molar-refractivity contribution in [3.05, 3.63) is 54.4 Å². The van der Waals surface area contributed by atoms with E-state index in [1.807, 2.05) is 0 Å². The summed E-state index contributed by atoms with van der Waals surface area (Å²) in [4.78, 5) is 7.96. The van der Waals surface area contributed by atoms with E-state index in [0.717, 1.165) is 6.07 Å². The van der Waals surface area contributed by atoms with Crippen molar-refractivity contribution in [2.24, 2.45) is 0 Å². The lowest BCUT2D eigenvalue weighted by Gasteiger charge is -2.13. The van der Waals surface area contributed by atoms with Gasteiger partial charge in [-0.05, 0) is 18.2 Å². The van der Waals surface area contributed by atoms with E-state index in [1.165, 1.54) is 42.7 Å². The molecule has 0 radical (unpaired) electrons. The molecule has 3 aromatic rings. The molecule has 3 nitrogen and oxygen atoms in total. The Morgan fingerprint density at radius 3 is 2.48 bits per heavy atom. The Kier molecular flexibility index (Phi) is 3.01. The van der Waals surface area contributed by atoms with Gasteiger partial charge < -0.3 is 5.11 Å². The van der Waals surface area contributed by atoms with Crippen LogP contribution in [-0.4, -0.2) is 15.1 Å². The van der Waals surface area contributed by atoms with Crippen LogP contribution in [0.4, 0.5) is 13.2 Å². The Labute approximate surface area is 117 Å². The smallest absolute Gasteiger partial charge is 0.417 e. The Morgan fingerprint density at radius 1 is 0.952 bits per heavy atom. The van der Waals surface area contributed by atoms with Gasteiger partial charge in [0.2, 0.25) is 0 Å². The lowest BCUT2D eigenvalue weighted by Crippen LogP contribution is -2.07. The summed E-state index contributed by atoms with van der Waals surface area (Å²) in [7, 11) is 0. The van der Waals surface area contributed by atoms with Crippen LogP contribution in [-0.2, 0) is 6.18 Å². The molecular formula is C15H9F3N2O. The highest BCUT2D eigenvalue weighted by molar-refractivity contribution is 5.93. The van der Waals surface area contributed by atoms with Crippen LogP contribution < -0.4 is 0 Å². The summed E-state index contributed by atoms with van der Waals surface area (Å²) in [6.45, 7) is 0. The first-order valence-electron chi connectivity index (χ1n) is 6.07. The average molecular weight is 290 g/mol. The van der Waals surface area contributed by atoms with Gasteiger partial charge in [-0.3, -0.25) is 0 Å². The summed E-state index contributed by atoms with van der Waals surface area (Å²) in [5.74, 6) is -0.00347. The fourth-order valence-electron chi connectivity index (χ4n) is 2.20. The van der Waals surface area contributed by atoms with Crippen molar-refractivity contribution in [3.8, 4) is 17.0 Å². The van der Waals surface area contributed by atoms with Crippen molar-refractivity contribution in [2.75, 3.05) is 0 Å². The topological polar surface area (TPSA) is 46.0 Å². The molecule has 6 heteroatoms. The number of fused-ring (bicyclic) bond motifs is 1. The highest BCUT2D eigenvalue weighted by Gasteiger charge is 2.34. The molecule has 0 saturated heterocycles. The summed E-state index contributed by atoms with van der Waals surface area (Å²) in [5, 5.41) is 9.89. The molecule has 1 N–H and O–H groups in total. The molecule has 0 aliphatic carbocycles.